The van der Waals surface area contributed by atoms with Crippen molar-refractivity contribution < 1.29 is 14.0 Å². The van der Waals surface area contributed by atoms with Crippen molar-refractivity contribution in [3.05, 3.63) is 29.6 Å². The molecule has 0 aliphatic carbocycles. The van der Waals surface area contributed by atoms with Crippen LogP contribution < -0.4 is 5.32 Å². The predicted octanol–water partition coefficient (Wildman–Crippen LogP) is 2.92. The highest BCUT2D eigenvalue weighted by Gasteiger charge is 2.33. The van der Waals surface area contributed by atoms with Crippen LogP contribution in [0.3, 0.4) is 0 Å². The molecule has 0 bridgehead atoms. The van der Waals surface area contributed by atoms with E-state index in [2.05, 4.69) is 5.32 Å². The molecular weight excluding hydrogens is 309 g/mol. The van der Waals surface area contributed by atoms with Crippen LogP contribution in [0, 0.1) is 28.5 Å². The molecule has 2 rings (SSSR count). The van der Waals surface area contributed by atoms with Crippen LogP contribution in [0.5, 0.6) is 0 Å². The number of nitrogens with zero attached hydrogens (tertiary/aromatic N) is 2. The smallest absolute Gasteiger partial charge is 0.229 e. The highest BCUT2D eigenvalue weighted by molar-refractivity contribution is 5.94. The van der Waals surface area contributed by atoms with Gasteiger partial charge in [0, 0.05) is 18.5 Å². The summed E-state index contributed by atoms with van der Waals surface area (Å²) in [4.78, 5) is 26.6. The van der Waals surface area contributed by atoms with E-state index >= 15 is 0 Å². The van der Waals surface area contributed by atoms with Crippen LogP contribution in [0.25, 0.3) is 0 Å². The molecule has 1 aliphatic rings. The van der Waals surface area contributed by atoms with Crippen LogP contribution in [-0.2, 0) is 9.59 Å². The van der Waals surface area contributed by atoms with Crippen molar-refractivity contribution in [2.24, 2.45) is 11.3 Å². The number of hydrogen-bond donors (Lipinski definition) is 1. The Bertz CT molecular complexity index is 688. The normalized spacial score (nSPS) is 18.0. The van der Waals surface area contributed by atoms with Gasteiger partial charge in [-0.05, 0) is 25.0 Å². The zero-order chi connectivity index (χ0) is 17.9. The number of hydrogen-bond acceptors (Lipinski definition) is 3. The number of rotatable bonds is 2. The first-order chi connectivity index (χ1) is 11.2. The number of carbonyl (C=O) groups excluding carboxylic acids is 2. The first-order valence-electron chi connectivity index (χ1n) is 8.03. The summed E-state index contributed by atoms with van der Waals surface area (Å²) in [5.41, 5.74) is -0.499. The molecule has 1 aromatic rings. The minimum absolute atomic E-state index is 0.0171. The van der Waals surface area contributed by atoms with E-state index in [1.165, 1.54) is 18.2 Å². The lowest BCUT2D eigenvalue weighted by molar-refractivity contribution is -0.142. The monoisotopic (exact) mass is 331 g/mol. The van der Waals surface area contributed by atoms with Crippen molar-refractivity contribution in [2.75, 3.05) is 18.4 Å². The first-order valence-corrected chi connectivity index (χ1v) is 8.03. The van der Waals surface area contributed by atoms with Gasteiger partial charge in [0.2, 0.25) is 11.8 Å². The van der Waals surface area contributed by atoms with E-state index in [1.807, 2.05) is 20.8 Å². The average molecular weight is 331 g/mol. The van der Waals surface area contributed by atoms with Gasteiger partial charge in [-0.2, -0.15) is 5.26 Å². The molecule has 2 amide bonds. The second-order valence-electron chi connectivity index (χ2n) is 7.10. The lowest BCUT2D eigenvalue weighted by Crippen LogP contribution is -2.47. The number of anilines is 1. The molecule has 1 heterocycles. The van der Waals surface area contributed by atoms with Crippen molar-refractivity contribution in [3.8, 4) is 6.07 Å². The molecule has 1 N–H and O–H groups in total. The second-order valence-corrected chi connectivity index (χ2v) is 7.10. The van der Waals surface area contributed by atoms with E-state index in [-0.39, 0.29) is 29.0 Å². The minimum atomic E-state index is -0.663. The Balaban J connectivity index is 2.10. The van der Waals surface area contributed by atoms with E-state index < -0.39 is 11.2 Å². The van der Waals surface area contributed by atoms with Crippen LogP contribution in [0.1, 0.15) is 39.2 Å². The maximum absolute atomic E-state index is 13.6. The third-order valence-electron chi connectivity index (χ3n) is 4.10. The van der Waals surface area contributed by atoms with Gasteiger partial charge in [0.25, 0.3) is 0 Å². The topological polar surface area (TPSA) is 73.2 Å². The largest absolute Gasteiger partial charge is 0.341 e. The molecule has 1 aromatic carbocycles. The molecule has 1 fully saturated rings. The zero-order valence-corrected chi connectivity index (χ0v) is 14.2. The molecule has 1 unspecified atom stereocenters. The van der Waals surface area contributed by atoms with Crippen LogP contribution >= 0.6 is 0 Å². The Hall–Kier alpha value is -2.42. The Morgan fingerprint density at radius 3 is 2.71 bits per heavy atom. The summed E-state index contributed by atoms with van der Waals surface area (Å²) < 4.78 is 13.6. The van der Waals surface area contributed by atoms with E-state index in [1.54, 1.807) is 11.0 Å². The van der Waals surface area contributed by atoms with Gasteiger partial charge < -0.3 is 10.2 Å². The molecule has 0 aromatic heterocycles. The van der Waals surface area contributed by atoms with Gasteiger partial charge in [-0.25, -0.2) is 4.39 Å². The highest BCUT2D eigenvalue weighted by atomic mass is 19.1. The number of nitrogens with one attached hydrogen (secondary N) is 1. The highest BCUT2D eigenvalue weighted by Crippen LogP contribution is 2.25. The van der Waals surface area contributed by atoms with E-state index in [4.69, 9.17) is 5.26 Å². The maximum Gasteiger partial charge on any atom is 0.229 e. The molecule has 128 valence electrons. The molecule has 6 heteroatoms. The van der Waals surface area contributed by atoms with E-state index in [9.17, 15) is 14.0 Å². The van der Waals surface area contributed by atoms with Crippen molar-refractivity contribution in [1.82, 2.24) is 4.90 Å². The van der Waals surface area contributed by atoms with Crippen molar-refractivity contribution >= 4 is 17.5 Å². The van der Waals surface area contributed by atoms with Crippen LogP contribution in [0.4, 0.5) is 10.1 Å². The quantitative estimate of drug-likeness (QED) is 0.905. The Morgan fingerprint density at radius 1 is 1.38 bits per heavy atom. The number of nitriles is 1. The molecule has 5 nitrogen and oxygen atoms in total. The lowest BCUT2D eigenvalue weighted by Gasteiger charge is -2.35. The number of likely N-dealkylation sites (tertiary alicyclic amines) is 1. The van der Waals surface area contributed by atoms with Crippen molar-refractivity contribution in [2.45, 2.75) is 33.6 Å². The molecular formula is C18H22FN3O2. The molecule has 1 aliphatic heterocycles. The summed E-state index contributed by atoms with van der Waals surface area (Å²) in [6, 6.07) is 5.89. The fourth-order valence-electron chi connectivity index (χ4n) is 2.83. The van der Waals surface area contributed by atoms with Crippen molar-refractivity contribution in [1.29, 1.82) is 5.26 Å². The van der Waals surface area contributed by atoms with Gasteiger partial charge in [0.05, 0.1) is 11.6 Å². The molecule has 24 heavy (non-hydrogen) atoms. The van der Waals surface area contributed by atoms with E-state index in [0.717, 1.165) is 6.42 Å². The van der Waals surface area contributed by atoms with Crippen LogP contribution in [0.2, 0.25) is 0 Å². The van der Waals surface area contributed by atoms with Gasteiger partial charge in [-0.1, -0.05) is 26.8 Å². The van der Waals surface area contributed by atoms with Gasteiger partial charge >= 0.3 is 0 Å². The van der Waals surface area contributed by atoms with Crippen molar-refractivity contribution in [3.63, 3.8) is 0 Å². The maximum atomic E-state index is 13.6. The summed E-state index contributed by atoms with van der Waals surface area (Å²) in [7, 11) is 0. The summed E-state index contributed by atoms with van der Waals surface area (Å²) in [5, 5.41) is 11.7. The third kappa shape index (κ3) is 3.91. The fraction of sp³-hybridized carbons (Fsp3) is 0.500. The SMILES string of the molecule is CC(C)(C)C(=O)N1CCCC(C(=O)Nc2cccc(F)c2C#N)C1. The minimum Gasteiger partial charge on any atom is -0.341 e. The second kappa shape index (κ2) is 7.00. The summed E-state index contributed by atoms with van der Waals surface area (Å²) in [6.45, 7) is 6.54. The molecule has 1 atom stereocenters. The standard InChI is InChI=1S/C18H22FN3O2/c1-18(2,3)17(24)22-9-5-6-12(11-22)16(23)21-15-8-4-7-14(19)13(15)10-20/h4,7-8,12H,5-6,9,11H2,1-3H3,(H,21,23). The van der Waals surface area contributed by atoms with Crippen LogP contribution in [0.15, 0.2) is 18.2 Å². The summed E-state index contributed by atoms with van der Waals surface area (Å²) in [5.74, 6) is -1.30. The van der Waals surface area contributed by atoms with Gasteiger partial charge in [-0.15, -0.1) is 0 Å². The molecule has 0 radical (unpaired) electrons. The average Bonchev–Trinajstić information content (AvgIpc) is 2.53. The molecule has 0 saturated carbocycles. The number of piperidine rings is 1. The first kappa shape index (κ1) is 17.9. The predicted molar refractivity (Wildman–Crippen MR) is 88.5 cm³/mol. The Kier molecular flexibility index (Phi) is 5.23. The number of halogens is 1. The number of amides is 2. The Labute approximate surface area is 141 Å². The van der Waals surface area contributed by atoms with Crippen LogP contribution in [-0.4, -0.2) is 29.8 Å². The zero-order valence-electron chi connectivity index (χ0n) is 14.2. The van der Waals surface area contributed by atoms with Gasteiger partial charge in [-0.3, -0.25) is 9.59 Å². The number of carbonyl (C=O) groups is 2. The van der Waals surface area contributed by atoms with Gasteiger partial charge in [0.15, 0.2) is 0 Å². The molecule has 1 saturated heterocycles. The lowest BCUT2D eigenvalue weighted by atomic mass is 9.91. The third-order valence-corrected chi connectivity index (χ3v) is 4.10. The molecule has 0 spiro atoms. The van der Waals surface area contributed by atoms with Gasteiger partial charge in [0.1, 0.15) is 17.4 Å². The van der Waals surface area contributed by atoms with E-state index in [0.29, 0.717) is 19.5 Å². The summed E-state index contributed by atoms with van der Waals surface area (Å²) >= 11 is 0. The Morgan fingerprint density at radius 2 is 2.08 bits per heavy atom. The fourth-order valence-corrected chi connectivity index (χ4v) is 2.83. The number of benzene rings is 1. The summed E-state index contributed by atoms with van der Waals surface area (Å²) in [6.07, 6.45) is 1.41.